The van der Waals surface area contributed by atoms with Gasteiger partial charge in [-0.15, -0.1) is 0 Å². The standard InChI is InChI=1S/C18H12Br2N2O5/c19-12-7-11(17(25)22-21)16(14(20)15(12)24)27-18(26)10-5-8-3-1-2-4-9(8)6-13(10)23/h1-7,23-24H,21H2,(H,22,25). The number of carbonyl (C=O) groups excluding carboxylic acids is 2. The molecule has 7 nitrogen and oxygen atoms in total. The third-order valence-electron chi connectivity index (χ3n) is 3.80. The van der Waals surface area contributed by atoms with Crippen molar-refractivity contribution in [3.63, 3.8) is 0 Å². The molecule has 0 unspecified atom stereocenters. The zero-order valence-corrected chi connectivity index (χ0v) is 16.7. The molecular formula is C18H12Br2N2O5. The van der Waals surface area contributed by atoms with Crippen molar-refractivity contribution in [2.45, 2.75) is 0 Å². The monoisotopic (exact) mass is 494 g/mol. The number of phenolic OH excluding ortho intramolecular Hbond substituents is 2. The van der Waals surface area contributed by atoms with Crippen LogP contribution < -0.4 is 16.0 Å². The fourth-order valence-corrected chi connectivity index (χ4v) is 3.68. The van der Waals surface area contributed by atoms with Crippen LogP contribution >= 0.6 is 31.9 Å². The normalized spacial score (nSPS) is 10.6. The van der Waals surface area contributed by atoms with Gasteiger partial charge in [-0.3, -0.25) is 10.2 Å². The van der Waals surface area contributed by atoms with Crippen LogP contribution in [0.15, 0.2) is 51.4 Å². The third kappa shape index (κ3) is 3.61. The number of rotatable bonds is 3. The molecular weight excluding hydrogens is 484 g/mol. The van der Waals surface area contributed by atoms with Crippen molar-refractivity contribution in [3.05, 3.63) is 62.5 Å². The molecule has 0 bridgehead atoms. The highest BCUT2D eigenvalue weighted by Crippen LogP contribution is 2.42. The van der Waals surface area contributed by atoms with E-state index in [-0.39, 0.29) is 37.3 Å². The van der Waals surface area contributed by atoms with Crippen molar-refractivity contribution in [1.82, 2.24) is 5.43 Å². The molecule has 0 aromatic heterocycles. The van der Waals surface area contributed by atoms with Gasteiger partial charge in [-0.2, -0.15) is 0 Å². The predicted molar refractivity (Wildman–Crippen MR) is 106 cm³/mol. The van der Waals surface area contributed by atoms with E-state index < -0.39 is 11.9 Å². The van der Waals surface area contributed by atoms with E-state index in [0.717, 1.165) is 10.8 Å². The number of aromatic hydroxyl groups is 2. The van der Waals surface area contributed by atoms with Crippen LogP contribution in [0.1, 0.15) is 20.7 Å². The third-order valence-corrected chi connectivity index (χ3v) is 5.14. The number of amides is 1. The lowest BCUT2D eigenvalue weighted by Gasteiger charge is -2.14. The van der Waals surface area contributed by atoms with Crippen LogP contribution in [0.25, 0.3) is 10.8 Å². The van der Waals surface area contributed by atoms with Crippen molar-refractivity contribution in [3.8, 4) is 17.2 Å². The Morgan fingerprint density at radius 2 is 1.63 bits per heavy atom. The number of hydrogen-bond acceptors (Lipinski definition) is 6. The molecule has 0 aliphatic carbocycles. The Hall–Kier alpha value is -2.62. The molecule has 3 aromatic rings. The molecule has 3 rings (SSSR count). The Morgan fingerprint density at radius 1 is 1.00 bits per heavy atom. The lowest BCUT2D eigenvalue weighted by molar-refractivity contribution is 0.0727. The maximum Gasteiger partial charge on any atom is 0.347 e. The number of carbonyl (C=O) groups is 2. The number of hydrogen-bond donors (Lipinski definition) is 4. The van der Waals surface area contributed by atoms with Gasteiger partial charge in [-0.25, -0.2) is 10.6 Å². The van der Waals surface area contributed by atoms with Gasteiger partial charge in [-0.05, 0) is 60.8 Å². The van der Waals surface area contributed by atoms with Crippen molar-refractivity contribution < 1.29 is 24.5 Å². The van der Waals surface area contributed by atoms with Gasteiger partial charge in [0.1, 0.15) is 21.5 Å². The van der Waals surface area contributed by atoms with Crippen LogP contribution in [-0.4, -0.2) is 22.1 Å². The van der Waals surface area contributed by atoms with E-state index in [2.05, 4.69) is 31.9 Å². The van der Waals surface area contributed by atoms with Crippen molar-refractivity contribution in [2.75, 3.05) is 0 Å². The fourth-order valence-electron chi connectivity index (χ4n) is 2.48. The highest BCUT2D eigenvalue weighted by Gasteiger charge is 2.24. The number of nitrogens with one attached hydrogen (secondary N) is 1. The maximum atomic E-state index is 12.6. The summed E-state index contributed by atoms with van der Waals surface area (Å²) in [5, 5.41) is 21.7. The largest absolute Gasteiger partial charge is 0.507 e. The van der Waals surface area contributed by atoms with Gasteiger partial charge in [0.25, 0.3) is 5.91 Å². The smallest absolute Gasteiger partial charge is 0.347 e. The summed E-state index contributed by atoms with van der Waals surface area (Å²) < 4.78 is 5.48. The quantitative estimate of drug-likeness (QED) is 0.145. The number of hydrazine groups is 1. The SMILES string of the molecule is NNC(=O)c1cc(Br)c(O)c(Br)c1OC(=O)c1cc2ccccc2cc1O. The first-order valence-electron chi connectivity index (χ1n) is 7.49. The summed E-state index contributed by atoms with van der Waals surface area (Å²) in [6, 6.07) is 11.3. The summed E-state index contributed by atoms with van der Waals surface area (Å²) in [7, 11) is 0. The van der Waals surface area contributed by atoms with Crippen molar-refractivity contribution in [1.29, 1.82) is 0 Å². The molecule has 138 valence electrons. The van der Waals surface area contributed by atoms with Gasteiger partial charge >= 0.3 is 5.97 Å². The van der Waals surface area contributed by atoms with Crippen LogP contribution in [0.4, 0.5) is 0 Å². The van der Waals surface area contributed by atoms with Crippen LogP contribution in [-0.2, 0) is 0 Å². The fraction of sp³-hybridized carbons (Fsp3) is 0. The van der Waals surface area contributed by atoms with Crippen molar-refractivity contribution in [2.24, 2.45) is 5.84 Å². The second-order valence-electron chi connectivity index (χ2n) is 5.48. The van der Waals surface area contributed by atoms with E-state index >= 15 is 0 Å². The van der Waals surface area contributed by atoms with Gasteiger partial charge in [0, 0.05) is 0 Å². The number of halogens is 2. The molecule has 0 atom stereocenters. The minimum Gasteiger partial charge on any atom is -0.507 e. The molecule has 0 saturated carbocycles. The predicted octanol–water partition coefficient (Wildman–Crippen LogP) is 3.60. The van der Waals surface area contributed by atoms with E-state index in [9.17, 15) is 19.8 Å². The van der Waals surface area contributed by atoms with Gasteiger partial charge in [0.2, 0.25) is 0 Å². The molecule has 3 aromatic carbocycles. The molecule has 0 heterocycles. The Kier molecular flexibility index (Phi) is 5.36. The molecule has 0 radical (unpaired) electrons. The zero-order chi connectivity index (χ0) is 19.7. The maximum absolute atomic E-state index is 12.6. The van der Waals surface area contributed by atoms with Gasteiger partial charge in [0.05, 0.1) is 10.0 Å². The molecule has 0 aliphatic rings. The summed E-state index contributed by atoms with van der Waals surface area (Å²) in [4.78, 5) is 24.6. The van der Waals surface area contributed by atoms with Crippen LogP contribution in [0.5, 0.6) is 17.2 Å². The zero-order valence-electron chi connectivity index (χ0n) is 13.5. The Labute approximate surface area is 170 Å². The van der Waals surface area contributed by atoms with Gasteiger partial charge < -0.3 is 14.9 Å². The molecule has 27 heavy (non-hydrogen) atoms. The number of fused-ring (bicyclic) bond motifs is 1. The highest BCUT2D eigenvalue weighted by molar-refractivity contribution is 9.11. The van der Waals surface area contributed by atoms with E-state index in [1.54, 1.807) is 24.3 Å². The van der Waals surface area contributed by atoms with Gasteiger partial charge in [-0.1, -0.05) is 24.3 Å². The first-order chi connectivity index (χ1) is 12.8. The lowest BCUT2D eigenvalue weighted by atomic mass is 10.1. The topological polar surface area (TPSA) is 122 Å². The second kappa shape index (κ2) is 7.55. The van der Waals surface area contributed by atoms with Crippen LogP contribution in [0.2, 0.25) is 0 Å². The summed E-state index contributed by atoms with van der Waals surface area (Å²) in [6.45, 7) is 0. The van der Waals surface area contributed by atoms with E-state index in [4.69, 9.17) is 10.6 Å². The number of ether oxygens (including phenoxy) is 1. The van der Waals surface area contributed by atoms with E-state index in [0.29, 0.717) is 0 Å². The van der Waals surface area contributed by atoms with Crippen molar-refractivity contribution >= 4 is 54.5 Å². The Balaban J connectivity index is 2.07. The number of esters is 1. The van der Waals surface area contributed by atoms with Crippen LogP contribution in [0, 0.1) is 0 Å². The first kappa shape index (κ1) is 19.2. The summed E-state index contributed by atoms with van der Waals surface area (Å²) >= 11 is 6.20. The average molecular weight is 496 g/mol. The average Bonchev–Trinajstić information content (AvgIpc) is 2.66. The Bertz CT molecular complexity index is 1090. The molecule has 0 saturated heterocycles. The molecule has 5 N–H and O–H groups in total. The molecule has 9 heteroatoms. The number of benzene rings is 3. The number of nitrogens with two attached hydrogens (primary N) is 1. The molecule has 0 spiro atoms. The summed E-state index contributed by atoms with van der Waals surface area (Å²) in [6.07, 6.45) is 0. The minimum atomic E-state index is -0.910. The highest BCUT2D eigenvalue weighted by atomic mass is 79.9. The van der Waals surface area contributed by atoms with Gasteiger partial charge in [0.15, 0.2) is 5.75 Å². The molecule has 1 amide bonds. The number of phenols is 2. The summed E-state index contributed by atoms with van der Waals surface area (Å²) in [5.41, 5.74) is 1.75. The van der Waals surface area contributed by atoms with Crippen LogP contribution in [0.3, 0.4) is 0 Å². The Morgan fingerprint density at radius 3 is 2.26 bits per heavy atom. The van der Waals surface area contributed by atoms with E-state index in [1.807, 2.05) is 5.43 Å². The molecule has 0 aliphatic heterocycles. The number of nitrogen functional groups attached to an aromatic ring is 1. The second-order valence-corrected chi connectivity index (χ2v) is 7.12. The molecule has 0 fully saturated rings. The summed E-state index contributed by atoms with van der Waals surface area (Å²) in [5.74, 6) is 2.74. The minimum absolute atomic E-state index is 0.0240. The first-order valence-corrected chi connectivity index (χ1v) is 9.08. The van der Waals surface area contributed by atoms with E-state index in [1.165, 1.54) is 18.2 Å². The lowest BCUT2D eigenvalue weighted by Crippen LogP contribution is -2.30.